The predicted octanol–water partition coefficient (Wildman–Crippen LogP) is 2.87. The molecule has 0 saturated heterocycles. The number of methoxy groups -OCH3 is 1. The number of ether oxygens (including phenoxy) is 1. The van der Waals surface area contributed by atoms with Crippen molar-refractivity contribution in [2.24, 2.45) is 0 Å². The lowest BCUT2D eigenvalue weighted by atomic mass is 9.81. The summed E-state index contributed by atoms with van der Waals surface area (Å²) in [6.07, 6.45) is 5.08. The Balaban J connectivity index is 2.03. The molecule has 1 aliphatic carbocycles. The quantitative estimate of drug-likeness (QED) is 0.836. The molecule has 3 heteroatoms. The van der Waals surface area contributed by atoms with E-state index in [4.69, 9.17) is 10.5 Å². The van der Waals surface area contributed by atoms with E-state index in [2.05, 4.69) is 31.1 Å². The molecule has 0 spiro atoms. The Kier molecular flexibility index (Phi) is 4.12. The smallest absolute Gasteiger partial charge is 0.141 e. The van der Waals surface area contributed by atoms with Crippen molar-refractivity contribution in [1.82, 2.24) is 4.90 Å². The van der Waals surface area contributed by atoms with Gasteiger partial charge in [0.25, 0.3) is 0 Å². The first-order valence-corrected chi connectivity index (χ1v) is 6.71. The monoisotopic (exact) mass is 248 g/mol. The third kappa shape index (κ3) is 2.78. The Bertz CT molecular complexity index is 395. The molecule has 0 amide bonds. The van der Waals surface area contributed by atoms with Gasteiger partial charge >= 0.3 is 0 Å². The highest BCUT2D eigenvalue weighted by Crippen LogP contribution is 2.36. The van der Waals surface area contributed by atoms with Gasteiger partial charge < -0.3 is 15.4 Å². The SMILES string of the molecule is COc1ccc(C2CCC(N(C)C)CC2)cc1N. The highest BCUT2D eigenvalue weighted by atomic mass is 16.5. The van der Waals surface area contributed by atoms with Crippen LogP contribution in [0.15, 0.2) is 18.2 Å². The number of nitrogen functional groups attached to an aromatic ring is 1. The van der Waals surface area contributed by atoms with Crippen LogP contribution in [0.25, 0.3) is 0 Å². The fourth-order valence-electron chi connectivity index (χ4n) is 2.93. The zero-order valence-electron chi connectivity index (χ0n) is 11.6. The molecule has 2 rings (SSSR count). The Hall–Kier alpha value is -1.22. The fraction of sp³-hybridized carbons (Fsp3) is 0.600. The second kappa shape index (κ2) is 5.61. The highest BCUT2D eigenvalue weighted by Gasteiger charge is 2.23. The normalized spacial score (nSPS) is 24.2. The number of anilines is 1. The van der Waals surface area contributed by atoms with E-state index < -0.39 is 0 Å². The number of nitrogens with two attached hydrogens (primary N) is 1. The van der Waals surface area contributed by atoms with Gasteiger partial charge in [0.15, 0.2) is 0 Å². The van der Waals surface area contributed by atoms with E-state index in [1.54, 1.807) is 7.11 Å². The summed E-state index contributed by atoms with van der Waals surface area (Å²) >= 11 is 0. The average molecular weight is 248 g/mol. The lowest BCUT2D eigenvalue weighted by Gasteiger charge is -2.33. The summed E-state index contributed by atoms with van der Waals surface area (Å²) in [5.41, 5.74) is 8.10. The van der Waals surface area contributed by atoms with Gasteiger partial charge in [-0.2, -0.15) is 0 Å². The predicted molar refractivity (Wildman–Crippen MR) is 76.1 cm³/mol. The summed E-state index contributed by atoms with van der Waals surface area (Å²) in [4.78, 5) is 2.35. The first-order chi connectivity index (χ1) is 8.61. The van der Waals surface area contributed by atoms with Crippen LogP contribution in [0.2, 0.25) is 0 Å². The molecule has 0 unspecified atom stereocenters. The third-order valence-corrected chi connectivity index (χ3v) is 4.15. The summed E-state index contributed by atoms with van der Waals surface area (Å²) < 4.78 is 5.20. The summed E-state index contributed by atoms with van der Waals surface area (Å²) in [7, 11) is 6.01. The minimum absolute atomic E-state index is 0.661. The minimum atomic E-state index is 0.661. The van der Waals surface area contributed by atoms with E-state index in [0.29, 0.717) is 5.92 Å². The van der Waals surface area contributed by atoms with Crippen molar-refractivity contribution in [1.29, 1.82) is 0 Å². The number of benzene rings is 1. The van der Waals surface area contributed by atoms with E-state index in [0.717, 1.165) is 17.5 Å². The maximum absolute atomic E-state index is 5.98. The topological polar surface area (TPSA) is 38.5 Å². The second-order valence-electron chi connectivity index (χ2n) is 5.47. The summed E-state index contributed by atoms with van der Waals surface area (Å²) in [6, 6.07) is 6.98. The van der Waals surface area contributed by atoms with Crippen molar-refractivity contribution in [3.63, 3.8) is 0 Å². The van der Waals surface area contributed by atoms with Crippen LogP contribution >= 0.6 is 0 Å². The molecule has 3 nitrogen and oxygen atoms in total. The summed E-state index contributed by atoms with van der Waals surface area (Å²) in [5.74, 6) is 1.44. The number of hydrogen-bond acceptors (Lipinski definition) is 3. The highest BCUT2D eigenvalue weighted by molar-refractivity contribution is 5.54. The Morgan fingerprint density at radius 3 is 2.33 bits per heavy atom. The number of nitrogens with zero attached hydrogens (tertiary/aromatic N) is 1. The molecule has 18 heavy (non-hydrogen) atoms. The number of hydrogen-bond donors (Lipinski definition) is 1. The van der Waals surface area contributed by atoms with Crippen LogP contribution in [0.3, 0.4) is 0 Å². The van der Waals surface area contributed by atoms with E-state index in [-0.39, 0.29) is 0 Å². The van der Waals surface area contributed by atoms with Gasteiger partial charge in [-0.05, 0) is 63.4 Å². The molecule has 100 valence electrons. The molecule has 1 saturated carbocycles. The van der Waals surface area contributed by atoms with Crippen LogP contribution < -0.4 is 10.5 Å². The molecule has 0 heterocycles. The fourth-order valence-corrected chi connectivity index (χ4v) is 2.93. The lowest BCUT2D eigenvalue weighted by Crippen LogP contribution is -2.31. The molecule has 0 aliphatic heterocycles. The van der Waals surface area contributed by atoms with E-state index in [1.165, 1.54) is 31.2 Å². The molecular weight excluding hydrogens is 224 g/mol. The van der Waals surface area contributed by atoms with Gasteiger partial charge in [-0.3, -0.25) is 0 Å². The second-order valence-corrected chi connectivity index (χ2v) is 5.47. The van der Waals surface area contributed by atoms with Crippen molar-refractivity contribution >= 4 is 5.69 Å². The Labute approximate surface area is 110 Å². The Morgan fingerprint density at radius 2 is 1.83 bits per heavy atom. The zero-order chi connectivity index (χ0) is 13.1. The summed E-state index contributed by atoms with van der Waals surface area (Å²) in [5, 5.41) is 0. The van der Waals surface area contributed by atoms with Gasteiger partial charge in [-0.15, -0.1) is 0 Å². The van der Waals surface area contributed by atoms with Crippen LogP contribution in [0.4, 0.5) is 5.69 Å². The van der Waals surface area contributed by atoms with Crippen molar-refractivity contribution in [2.45, 2.75) is 37.6 Å². The molecule has 2 N–H and O–H groups in total. The van der Waals surface area contributed by atoms with E-state index in [9.17, 15) is 0 Å². The standard InChI is InChI=1S/C15H24N2O/c1-17(2)13-7-4-11(5-8-13)12-6-9-15(18-3)14(16)10-12/h6,9-11,13H,4-5,7-8,16H2,1-3H3. The summed E-state index contributed by atoms with van der Waals surface area (Å²) in [6.45, 7) is 0. The molecule has 0 atom stereocenters. The van der Waals surface area contributed by atoms with Crippen LogP contribution in [-0.4, -0.2) is 32.1 Å². The number of rotatable bonds is 3. The third-order valence-electron chi connectivity index (χ3n) is 4.15. The molecule has 1 aliphatic rings. The molecule has 0 bridgehead atoms. The van der Waals surface area contributed by atoms with Crippen molar-refractivity contribution in [3.8, 4) is 5.75 Å². The Morgan fingerprint density at radius 1 is 1.17 bits per heavy atom. The zero-order valence-corrected chi connectivity index (χ0v) is 11.6. The maximum atomic E-state index is 5.98. The minimum Gasteiger partial charge on any atom is -0.495 e. The van der Waals surface area contributed by atoms with Crippen molar-refractivity contribution < 1.29 is 4.74 Å². The van der Waals surface area contributed by atoms with Gasteiger partial charge in [-0.1, -0.05) is 6.07 Å². The average Bonchev–Trinajstić information content (AvgIpc) is 2.38. The van der Waals surface area contributed by atoms with Crippen LogP contribution in [0.1, 0.15) is 37.2 Å². The van der Waals surface area contributed by atoms with Gasteiger partial charge in [-0.25, -0.2) is 0 Å². The van der Waals surface area contributed by atoms with E-state index in [1.807, 2.05) is 6.07 Å². The maximum Gasteiger partial charge on any atom is 0.141 e. The first kappa shape index (κ1) is 13.2. The van der Waals surface area contributed by atoms with Crippen LogP contribution in [-0.2, 0) is 0 Å². The lowest BCUT2D eigenvalue weighted by molar-refractivity contribution is 0.216. The van der Waals surface area contributed by atoms with Crippen LogP contribution in [0.5, 0.6) is 5.75 Å². The molecule has 1 aromatic rings. The molecule has 1 fully saturated rings. The van der Waals surface area contributed by atoms with Gasteiger partial charge in [0, 0.05) is 6.04 Å². The van der Waals surface area contributed by atoms with Gasteiger partial charge in [0.1, 0.15) is 5.75 Å². The van der Waals surface area contributed by atoms with Crippen LogP contribution in [0, 0.1) is 0 Å². The van der Waals surface area contributed by atoms with Gasteiger partial charge in [0.2, 0.25) is 0 Å². The van der Waals surface area contributed by atoms with E-state index >= 15 is 0 Å². The largest absolute Gasteiger partial charge is 0.495 e. The van der Waals surface area contributed by atoms with Crippen molar-refractivity contribution in [3.05, 3.63) is 23.8 Å². The molecular formula is C15H24N2O. The molecule has 1 aromatic carbocycles. The molecule has 0 radical (unpaired) electrons. The molecule has 0 aromatic heterocycles. The van der Waals surface area contributed by atoms with Gasteiger partial charge in [0.05, 0.1) is 12.8 Å². The first-order valence-electron chi connectivity index (χ1n) is 6.71. The van der Waals surface area contributed by atoms with Crippen molar-refractivity contribution in [2.75, 3.05) is 26.9 Å².